The summed E-state index contributed by atoms with van der Waals surface area (Å²) in [5, 5.41) is 2.29. The summed E-state index contributed by atoms with van der Waals surface area (Å²) in [6.07, 6.45) is 1.77. The minimum Gasteiger partial charge on any atom is -0.343 e. The maximum Gasteiger partial charge on any atom is 0.259 e. The van der Waals surface area contributed by atoms with Crippen LogP contribution in [0.25, 0.3) is 10.6 Å². The number of hydrogen-bond donors (Lipinski definition) is 1. The van der Waals surface area contributed by atoms with E-state index < -0.39 is 10.0 Å². The molecular formula is C19H24BrN3O3S2. The molecule has 1 amide bonds. The second-order valence-electron chi connectivity index (χ2n) is 7.37. The Morgan fingerprint density at radius 3 is 2.54 bits per heavy atom. The van der Waals surface area contributed by atoms with Gasteiger partial charge in [-0.05, 0) is 30.9 Å². The predicted molar refractivity (Wildman–Crippen MR) is 115 cm³/mol. The maximum atomic E-state index is 12.7. The smallest absolute Gasteiger partial charge is 0.259 e. The molecule has 0 saturated carbocycles. The monoisotopic (exact) mass is 485 g/mol. The summed E-state index contributed by atoms with van der Waals surface area (Å²) >= 11 is 4.70. The Hall–Kier alpha value is -1.29. The van der Waals surface area contributed by atoms with E-state index in [0.29, 0.717) is 43.3 Å². The molecule has 1 N–H and O–H groups in total. The number of halogens is 1. The Morgan fingerprint density at radius 1 is 1.29 bits per heavy atom. The van der Waals surface area contributed by atoms with Gasteiger partial charge in [-0.3, -0.25) is 4.79 Å². The van der Waals surface area contributed by atoms with Gasteiger partial charge in [0.1, 0.15) is 5.01 Å². The van der Waals surface area contributed by atoms with Crippen LogP contribution in [-0.4, -0.2) is 43.3 Å². The van der Waals surface area contributed by atoms with E-state index in [0.717, 1.165) is 10.0 Å². The SMILES string of the molecule is CC(C)CC(=O)N1CCC(NS(=O)(=O)c2csc(-c3ccc(Br)cc3)n2)CC1. The zero-order valence-electron chi connectivity index (χ0n) is 15.9. The van der Waals surface area contributed by atoms with Gasteiger partial charge in [-0.1, -0.05) is 41.9 Å². The lowest BCUT2D eigenvalue weighted by Gasteiger charge is -2.32. The van der Waals surface area contributed by atoms with E-state index in [4.69, 9.17) is 0 Å². The lowest BCUT2D eigenvalue weighted by Crippen LogP contribution is -2.46. The number of aromatic nitrogens is 1. The van der Waals surface area contributed by atoms with Gasteiger partial charge in [0.05, 0.1) is 0 Å². The van der Waals surface area contributed by atoms with E-state index in [2.05, 4.69) is 25.6 Å². The first-order chi connectivity index (χ1) is 13.2. The van der Waals surface area contributed by atoms with Gasteiger partial charge in [-0.25, -0.2) is 18.1 Å². The average molecular weight is 486 g/mol. The normalized spacial score (nSPS) is 15.9. The summed E-state index contributed by atoms with van der Waals surface area (Å²) in [4.78, 5) is 18.3. The molecular weight excluding hydrogens is 462 g/mol. The van der Waals surface area contributed by atoms with Gasteiger partial charge in [0.2, 0.25) is 5.91 Å². The van der Waals surface area contributed by atoms with Crippen LogP contribution in [0.5, 0.6) is 0 Å². The van der Waals surface area contributed by atoms with Crippen molar-refractivity contribution in [1.82, 2.24) is 14.6 Å². The Kier molecular flexibility index (Phi) is 6.90. The molecule has 1 aliphatic rings. The first-order valence-electron chi connectivity index (χ1n) is 9.26. The molecule has 1 fully saturated rings. The van der Waals surface area contributed by atoms with Crippen LogP contribution in [0.3, 0.4) is 0 Å². The Morgan fingerprint density at radius 2 is 1.93 bits per heavy atom. The fraction of sp³-hybridized carbons (Fsp3) is 0.474. The first kappa shape index (κ1) is 21.4. The molecule has 0 atom stereocenters. The topological polar surface area (TPSA) is 79.4 Å². The van der Waals surface area contributed by atoms with E-state index in [-0.39, 0.29) is 17.0 Å². The van der Waals surface area contributed by atoms with E-state index in [1.807, 2.05) is 43.0 Å². The zero-order valence-corrected chi connectivity index (χ0v) is 19.1. The van der Waals surface area contributed by atoms with Gasteiger partial charge in [-0.15, -0.1) is 11.3 Å². The lowest BCUT2D eigenvalue weighted by molar-refractivity contribution is -0.133. The van der Waals surface area contributed by atoms with Crippen molar-refractivity contribution in [3.8, 4) is 10.6 Å². The number of benzene rings is 1. The molecule has 1 saturated heterocycles. The summed E-state index contributed by atoms with van der Waals surface area (Å²) in [5.41, 5.74) is 0.881. The number of carbonyl (C=O) groups excluding carboxylic acids is 1. The van der Waals surface area contributed by atoms with Gasteiger partial charge in [0.15, 0.2) is 5.03 Å². The summed E-state index contributed by atoms with van der Waals surface area (Å²) in [7, 11) is -3.68. The van der Waals surface area contributed by atoms with E-state index in [1.54, 1.807) is 5.38 Å². The molecule has 0 aliphatic carbocycles. The number of rotatable bonds is 6. The van der Waals surface area contributed by atoms with Crippen molar-refractivity contribution in [2.75, 3.05) is 13.1 Å². The zero-order chi connectivity index (χ0) is 20.3. The van der Waals surface area contributed by atoms with Crippen LogP contribution in [0.15, 0.2) is 39.1 Å². The summed E-state index contributed by atoms with van der Waals surface area (Å²) in [6.45, 7) is 5.21. The minimum absolute atomic E-state index is 0.0498. The summed E-state index contributed by atoms with van der Waals surface area (Å²) in [6, 6.07) is 7.42. The van der Waals surface area contributed by atoms with Crippen molar-refractivity contribution in [2.24, 2.45) is 5.92 Å². The predicted octanol–water partition coefficient (Wildman–Crippen LogP) is 3.89. The van der Waals surface area contributed by atoms with E-state index in [9.17, 15) is 13.2 Å². The molecule has 1 aromatic carbocycles. The van der Waals surface area contributed by atoms with Gasteiger partial charge >= 0.3 is 0 Å². The van der Waals surface area contributed by atoms with Crippen molar-refractivity contribution < 1.29 is 13.2 Å². The number of sulfonamides is 1. The van der Waals surface area contributed by atoms with Crippen LogP contribution >= 0.6 is 27.3 Å². The van der Waals surface area contributed by atoms with Crippen molar-refractivity contribution in [3.05, 3.63) is 34.1 Å². The highest BCUT2D eigenvalue weighted by molar-refractivity contribution is 9.10. The van der Waals surface area contributed by atoms with E-state index >= 15 is 0 Å². The van der Waals surface area contributed by atoms with E-state index in [1.165, 1.54) is 11.3 Å². The minimum atomic E-state index is -3.68. The van der Waals surface area contributed by atoms with Crippen LogP contribution in [-0.2, 0) is 14.8 Å². The number of thiazole rings is 1. The molecule has 3 rings (SSSR count). The second-order valence-corrected chi connectivity index (χ2v) is 10.8. The standard InChI is InChI=1S/C19H24BrN3O3S2/c1-13(2)11-18(24)23-9-7-16(8-10-23)22-28(25,26)17-12-27-19(21-17)14-3-5-15(20)6-4-14/h3-6,12-13,16,22H,7-11H2,1-2H3. The average Bonchev–Trinajstić information content (AvgIpc) is 3.13. The molecule has 0 spiro atoms. The molecule has 0 unspecified atom stereocenters. The third kappa shape index (κ3) is 5.40. The molecule has 2 aromatic rings. The van der Waals surface area contributed by atoms with Gasteiger partial charge in [0.25, 0.3) is 10.0 Å². The molecule has 6 nitrogen and oxygen atoms in total. The van der Waals surface area contributed by atoms with Crippen LogP contribution in [0.2, 0.25) is 0 Å². The number of nitrogens with one attached hydrogen (secondary N) is 1. The number of carbonyl (C=O) groups is 1. The molecule has 1 aliphatic heterocycles. The van der Waals surface area contributed by atoms with Crippen molar-refractivity contribution >= 4 is 43.2 Å². The molecule has 2 heterocycles. The Bertz CT molecular complexity index is 918. The number of hydrogen-bond acceptors (Lipinski definition) is 5. The highest BCUT2D eigenvalue weighted by Gasteiger charge is 2.28. The molecule has 152 valence electrons. The van der Waals surface area contributed by atoms with Crippen LogP contribution in [0, 0.1) is 5.92 Å². The molecule has 0 radical (unpaired) electrons. The van der Waals surface area contributed by atoms with Gasteiger partial charge < -0.3 is 4.90 Å². The summed E-state index contributed by atoms with van der Waals surface area (Å²) < 4.78 is 29.1. The molecule has 1 aromatic heterocycles. The third-order valence-corrected chi connectivity index (χ3v) is 7.57. The largest absolute Gasteiger partial charge is 0.343 e. The number of likely N-dealkylation sites (tertiary alicyclic amines) is 1. The quantitative estimate of drug-likeness (QED) is 0.672. The van der Waals surface area contributed by atoms with Crippen LogP contribution in [0.4, 0.5) is 0 Å². The molecule has 0 bridgehead atoms. The van der Waals surface area contributed by atoms with Crippen molar-refractivity contribution in [2.45, 2.75) is 44.2 Å². The number of piperidine rings is 1. The number of nitrogens with zero attached hydrogens (tertiary/aromatic N) is 2. The highest BCUT2D eigenvalue weighted by Crippen LogP contribution is 2.27. The Balaban J connectivity index is 1.61. The highest BCUT2D eigenvalue weighted by atomic mass is 79.9. The van der Waals surface area contributed by atoms with Crippen LogP contribution < -0.4 is 4.72 Å². The van der Waals surface area contributed by atoms with Crippen molar-refractivity contribution in [3.63, 3.8) is 0 Å². The summed E-state index contributed by atoms with van der Waals surface area (Å²) in [5.74, 6) is 0.475. The fourth-order valence-electron chi connectivity index (χ4n) is 3.11. The molecule has 28 heavy (non-hydrogen) atoms. The number of amides is 1. The van der Waals surface area contributed by atoms with Gasteiger partial charge in [0, 0.05) is 41.0 Å². The Labute approximate surface area is 178 Å². The van der Waals surface area contributed by atoms with Crippen molar-refractivity contribution in [1.29, 1.82) is 0 Å². The fourth-order valence-corrected chi connectivity index (χ4v) is 5.78. The first-order valence-corrected chi connectivity index (χ1v) is 12.4. The van der Waals surface area contributed by atoms with Gasteiger partial charge in [-0.2, -0.15) is 0 Å². The second kappa shape index (κ2) is 9.02. The maximum absolute atomic E-state index is 12.7. The molecule has 9 heteroatoms. The third-order valence-electron chi connectivity index (χ3n) is 4.60. The lowest BCUT2D eigenvalue weighted by atomic mass is 10.0. The van der Waals surface area contributed by atoms with Crippen LogP contribution in [0.1, 0.15) is 33.1 Å².